The lowest BCUT2D eigenvalue weighted by Crippen LogP contribution is -2.24. The van der Waals surface area contributed by atoms with E-state index in [2.05, 4.69) is 0 Å². The minimum absolute atomic E-state index is 0.715. The molecule has 1 rings (SSSR count). The Hall–Kier alpha value is -1.50. The summed E-state index contributed by atoms with van der Waals surface area (Å²) in [5.41, 5.74) is -8.83. The van der Waals surface area contributed by atoms with E-state index in [1.807, 2.05) is 0 Å². The van der Waals surface area contributed by atoms with Crippen molar-refractivity contribution in [2.24, 2.45) is 0 Å². The third-order valence-corrected chi connectivity index (χ3v) is 3.14. The molecule has 0 heterocycles. The normalized spacial score (nSPS) is 14.3. The SMILES string of the molecule is O=S(=O)(O)c1cc(C(F)(F)F)c(C(F)(F)F)c(C(F)(F)F)c1. The molecule has 1 N–H and O–H groups in total. The van der Waals surface area contributed by atoms with E-state index in [1.54, 1.807) is 0 Å². The van der Waals surface area contributed by atoms with E-state index in [-0.39, 0.29) is 0 Å². The summed E-state index contributed by atoms with van der Waals surface area (Å²) in [6.45, 7) is 0. The van der Waals surface area contributed by atoms with Gasteiger partial charge in [-0.3, -0.25) is 4.55 Å². The van der Waals surface area contributed by atoms with Crippen LogP contribution in [-0.4, -0.2) is 13.0 Å². The summed E-state index contributed by atoms with van der Waals surface area (Å²) in [5, 5.41) is 0. The van der Waals surface area contributed by atoms with Crippen LogP contribution >= 0.6 is 0 Å². The summed E-state index contributed by atoms with van der Waals surface area (Å²) < 4.78 is 143. The molecule has 0 aliphatic heterocycles. The molecule has 0 saturated heterocycles. The number of hydrogen-bond donors (Lipinski definition) is 1. The van der Waals surface area contributed by atoms with Gasteiger partial charge < -0.3 is 0 Å². The number of halogens is 9. The molecule has 0 aromatic heterocycles. The highest BCUT2D eigenvalue weighted by Gasteiger charge is 2.50. The van der Waals surface area contributed by atoms with Crippen LogP contribution in [-0.2, 0) is 28.6 Å². The van der Waals surface area contributed by atoms with Crippen LogP contribution in [0.3, 0.4) is 0 Å². The minimum Gasteiger partial charge on any atom is -0.282 e. The molecule has 0 radical (unpaired) electrons. The Morgan fingerprint density at radius 1 is 0.727 bits per heavy atom. The van der Waals surface area contributed by atoms with E-state index < -0.39 is 62.4 Å². The molecule has 13 heteroatoms. The second kappa shape index (κ2) is 5.01. The van der Waals surface area contributed by atoms with Crippen LogP contribution in [0.15, 0.2) is 17.0 Å². The fraction of sp³-hybridized carbons (Fsp3) is 0.333. The number of hydrogen-bond acceptors (Lipinski definition) is 2. The fourth-order valence-corrected chi connectivity index (χ4v) is 2.05. The lowest BCUT2D eigenvalue weighted by molar-refractivity contribution is -0.174. The van der Waals surface area contributed by atoms with E-state index >= 15 is 0 Å². The Balaban J connectivity index is 4.04. The smallest absolute Gasteiger partial charge is 0.282 e. The zero-order valence-electron chi connectivity index (χ0n) is 9.73. The van der Waals surface area contributed by atoms with Crippen LogP contribution in [0.2, 0.25) is 0 Å². The Labute approximate surface area is 116 Å². The van der Waals surface area contributed by atoms with Crippen molar-refractivity contribution in [3.63, 3.8) is 0 Å². The summed E-state index contributed by atoms with van der Waals surface area (Å²) in [7, 11) is -5.60. The molecular weight excluding hydrogens is 359 g/mol. The van der Waals surface area contributed by atoms with Gasteiger partial charge in [-0.2, -0.15) is 47.9 Å². The van der Waals surface area contributed by atoms with Gasteiger partial charge in [0.15, 0.2) is 0 Å². The van der Waals surface area contributed by atoms with Crippen LogP contribution < -0.4 is 0 Å². The first kappa shape index (κ1) is 18.5. The van der Waals surface area contributed by atoms with Crippen molar-refractivity contribution in [2.75, 3.05) is 0 Å². The van der Waals surface area contributed by atoms with Crippen molar-refractivity contribution in [1.82, 2.24) is 0 Å². The lowest BCUT2D eigenvalue weighted by atomic mass is 9.99. The summed E-state index contributed by atoms with van der Waals surface area (Å²) in [4.78, 5) is -1.96. The van der Waals surface area contributed by atoms with Crippen LogP contribution in [0, 0.1) is 0 Å². The topological polar surface area (TPSA) is 54.4 Å². The van der Waals surface area contributed by atoms with Crippen molar-refractivity contribution in [3.8, 4) is 0 Å². The molecule has 0 saturated carbocycles. The predicted molar refractivity (Wildman–Crippen MR) is 51.3 cm³/mol. The first-order chi connectivity index (χ1) is 9.45. The quantitative estimate of drug-likeness (QED) is 0.607. The first-order valence-corrected chi connectivity index (χ1v) is 6.27. The maximum absolute atomic E-state index is 12.6. The molecule has 126 valence electrons. The van der Waals surface area contributed by atoms with Crippen LogP contribution in [0.4, 0.5) is 39.5 Å². The van der Waals surface area contributed by atoms with Crippen LogP contribution in [0.25, 0.3) is 0 Å². The number of alkyl halides is 9. The maximum atomic E-state index is 12.6. The summed E-state index contributed by atoms with van der Waals surface area (Å²) in [5.74, 6) is 0. The number of rotatable bonds is 1. The predicted octanol–water partition coefficient (Wildman–Crippen LogP) is 3.99. The zero-order chi connectivity index (χ0) is 17.7. The zero-order valence-corrected chi connectivity index (χ0v) is 10.5. The first-order valence-electron chi connectivity index (χ1n) is 4.83. The third-order valence-electron chi connectivity index (χ3n) is 2.30. The molecule has 0 amide bonds. The highest BCUT2D eigenvalue weighted by atomic mass is 32.2. The second-order valence-electron chi connectivity index (χ2n) is 3.86. The van der Waals surface area contributed by atoms with E-state index in [4.69, 9.17) is 4.55 Å². The van der Waals surface area contributed by atoms with Gasteiger partial charge in [0.2, 0.25) is 0 Å². The third kappa shape index (κ3) is 3.82. The average molecular weight is 362 g/mol. The molecule has 0 aliphatic rings. The van der Waals surface area contributed by atoms with Gasteiger partial charge in [0.25, 0.3) is 10.1 Å². The maximum Gasteiger partial charge on any atom is 0.417 e. The monoisotopic (exact) mass is 362 g/mol. The molecule has 0 atom stereocenters. The molecule has 0 fully saturated rings. The minimum atomic E-state index is -6.06. The fourth-order valence-electron chi connectivity index (χ4n) is 1.52. The Morgan fingerprint density at radius 2 is 1.05 bits per heavy atom. The molecule has 1 aromatic carbocycles. The molecule has 1 aromatic rings. The Kier molecular flexibility index (Phi) is 4.22. The highest BCUT2D eigenvalue weighted by Crippen LogP contribution is 2.47. The van der Waals surface area contributed by atoms with Crippen molar-refractivity contribution in [2.45, 2.75) is 23.4 Å². The molecule has 0 bridgehead atoms. The van der Waals surface area contributed by atoms with Crippen molar-refractivity contribution in [1.29, 1.82) is 0 Å². The van der Waals surface area contributed by atoms with Gasteiger partial charge in [-0.1, -0.05) is 0 Å². The highest BCUT2D eigenvalue weighted by molar-refractivity contribution is 7.85. The summed E-state index contributed by atoms with van der Waals surface area (Å²) in [6.07, 6.45) is -17.9. The number of benzene rings is 1. The van der Waals surface area contributed by atoms with E-state index in [1.165, 1.54) is 0 Å². The molecule has 3 nitrogen and oxygen atoms in total. The molecular formula is C9H3F9O3S. The van der Waals surface area contributed by atoms with E-state index in [9.17, 15) is 47.9 Å². The van der Waals surface area contributed by atoms with Gasteiger partial charge in [-0.15, -0.1) is 0 Å². The molecule has 0 unspecified atom stereocenters. The summed E-state index contributed by atoms with van der Waals surface area (Å²) >= 11 is 0. The van der Waals surface area contributed by atoms with Crippen LogP contribution in [0.1, 0.15) is 16.7 Å². The Bertz CT molecular complexity index is 647. The van der Waals surface area contributed by atoms with Crippen molar-refractivity contribution >= 4 is 10.1 Å². The summed E-state index contributed by atoms with van der Waals surface area (Å²) in [6, 6.07) is -1.43. The van der Waals surface area contributed by atoms with Gasteiger partial charge in [0.05, 0.1) is 21.6 Å². The van der Waals surface area contributed by atoms with Crippen molar-refractivity contribution in [3.05, 3.63) is 28.8 Å². The molecule has 22 heavy (non-hydrogen) atoms. The van der Waals surface area contributed by atoms with Crippen LogP contribution in [0.5, 0.6) is 0 Å². The van der Waals surface area contributed by atoms with Gasteiger partial charge in [0.1, 0.15) is 0 Å². The van der Waals surface area contributed by atoms with E-state index in [0.717, 1.165) is 0 Å². The van der Waals surface area contributed by atoms with Gasteiger partial charge in [-0.05, 0) is 12.1 Å². The van der Waals surface area contributed by atoms with Gasteiger partial charge in [0, 0.05) is 0 Å². The van der Waals surface area contributed by atoms with E-state index in [0.29, 0.717) is 0 Å². The molecule has 0 aliphatic carbocycles. The second-order valence-corrected chi connectivity index (χ2v) is 5.28. The van der Waals surface area contributed by atoms with Crippen molar-refractivity contribution < 1.29 is 52.5 Å². The average Bonchev–Trinajstić information content (AvgIpc) is 2.22. The van der Waals surface area contributed by atoms with Gasteiger partial charge in [-0.25, -0.2) is 0 Å². The standard InChI is InChI=1S/C9H3F9O3S/c10-7(11,12)4-1-3(22(19,20)21)2-5(8(13,14)15)6(4)9(16,17)18/h1-2H,(H,19,20,21). The van der Waals surface area contributed by atoms with Gasteiger partial charge >= 0.3 is 18.5 Å². The molecule has 0 spiro atoms. The largest absolute Gasteiger partial charge is 0.417 e. The lowest BCUT2D eigenvalue weighted by Gasteiger charge is -2.21. The Morgan fingerprint density at radius 3 is 1.23 bits per heavy atom.